The first-order chi connectivity index (χ1) is 5.93. The van der Waals surface area contributed by atoms with Crippen LogP contribution < -0.4 is 0 Å². The molecule has 0 saturated carbocycles. The highest BCUT2D eigenvalue weighted by Crippen LogP contribution is 2.19. The van der Waals surface area contributed by atoms with E-state index in [1.54, 1.807) is 11.9 Å². The Kier molecular flexibility index (Phi) is 4.81. The van der Waals surface area contributed by atoms with E-state index in [-0.39, 0.29) is 11.5 Å². The molecule has 13 heavy (non-hydrogen) atoms. The topological polar surface area (TPSA) is 29.5 Å². The van der Waals surface area contributed by atoms with Crippen molar-refractivity contribution in [3.05, 3.63) is 0 Å². The van der Waals surface area contributed by atoms with Crippen molar-refractivity contribution < 1.29 is 9.53 Å². The molecule has 0 aliphatic rings. The number of hydrogen-bond acceptors (Lipinski definition) is 2. The molecule has 0 saturated heterocycles. The molecule has 3 nitrogen and oxygen atoms in total. The summed E-state index contributed by atoms with van der Waals surface area (Å²) in [6.07, 6.45) is 0.778. The van der Waals surface area contributed by atoms with Gasteiger partial charge >= 0.3 is 6.09 Å². The van der Waals surface area contributed by atoms with Crippen LogP contribution in [0.2, 0.25) is 0 Å². The summed E-state index contributed by atoms with van der Waals surface area (Å²) in [4.78, 5) is 12.8. The van der Waals surface area contributed by atoms with Gasteiger partial charge in [-0.25, -0.2) is 4.79 Å². The number of carbonyl (C=O) groups is 1. The van der Waals surface area contributed by atoms with Gasteiger partial charge in [-0.3, -0.25) is 0 Å². The second kappa shape index (κ2) is 5.10. The lowest BCUT2D eigenvalue weighted by Gasteiger charge is -2.23. The fraction of sp³-hybridized carbons (Fsp3) is 0.900. The molecule has 3 heteroatoms. The molecule has 0 N–H and O–H groups in total. The summed E-state index contributed by atoms with van der Waals surface area (Å²) in [5, 5.41) is 0. The Labute approximate surface area is 81.1 Å². The first kappa shape index (κ1) is 12.3. The molecular weight excluding hydrogens is 166 g/mol. The first-order valence-corrected chi connectivity index (χ1v) is 4.81. The predicted molar refractivity (Wildman–Crippen MR) is 53.7 cm³/mol. The maximum atomic E-state index is 11.2. The van der Waals surface area contributed by atoms with Crippen molar-refractivity contribution in [1.29, 1.82) is 0 Å². The van der Waals surface area contributed by atoms with Gasteiger partial charge in [0.05, 0.1) is 6.61 Å². The standard InChI is InChI=1S/C10H21NO2/c1-6-10(3,4)8-13-9(12)11(5)7-2/h6-8H2,1-5H3. The average molecular weight is 187 g/mol. The van der Waals surface area contributed by atoms with Crippen LogP contribution in [0.5, 0.6) is 0 Å². The van der Waals surface area contributed by atoms with Gasteiger partial charge in [0.15, 0.2) is 0 Å². The highest BCUT2D eigenvalue weighted by atomic mass is 16.6. The van der Waals surface area contributed by atoms with Gasteiger partial charge in [0, 0.05) is 13.6 Å². The number of ether oxygens (including phenoxy) is 1. The van der Waals surface area contributed by atoms with E-state index in [1.165, 1.54) is 0 Å². The molecule has 0 aliphatic carbocycles. The lowest BCUT2D eigenvalue weighted by Crippen LogP contribution is -2.30. The number of carbonyl (C=O) groups excluding carboxylic acids is 1. The van der Waals surface area contributed by atoms with Crippen LogP contribution in [0, 0.1) is 5.41 Å². The zero-order chi connectivity index (χ0) is 10.5. The number of hydrogen-bond donors (Lipinski definition) is 0. The molecule has 0 unspecified atom stereocenters. The van der Waals surface area contributed by atoms with Gasteiger partial charge in [-0.15, -0.1) is 0 Å². The third kappa shape index (κ3) is 4.76. The Morgan fingerprint density at radius 2 is 1.92 bits per heavy atom. The zero-order valence-electron chi connectivity index (χ0n) is 9.39. The summed E-state index contributed by atoms with van der Waals surface area (Å²) in [6, 6.07) is 0. The van der Waals surface area contributed by atoms with Crippen molar-refractivity contribution in [3.8, 4) is 0 Å². The Bertz CT molecular complexity index is 166. The third-order valence-corrected chi connectivity index (χ3v) is 2.33. The summed E-state index contributed by atoms with van der Waals surface area (Å²) < 4.78 is 5.14. The van der Waals surface area contributed by atoms with Crippen LogP contribution in [0.1, 0.15) is 34.1 Å². The van der Waals surface area contributed by atoms with Crippen molar-refractivity contribution in [3.63, 3.8) is 0 Å². The highest BCUT2D eigenvalue weighted by molar-refractivity contribution is 5.67. The molecule has 0 rings (SSSR count). The van der Waals surface area contributed by atoms with Crippen molar-refractivity contribution in [1.82, 2.24) is 4.90 Å². The van der Waals surface area contributed by atoms with Crippen LogP contribution in [0.15, 0.2) is 0 Å². The number of rotatable bonds is 4. The van der Waals surface area contributed by atoms with Gasteiger partial charge in [-0.05, 0) is 18.8 Å². The van der Waals surface area contributed by atoms with E-state index in [9.17, 15) is 4.79 Å². The van der Waals surface area contributed by atoms with Crippen LogP contribution in [0.3, 0.4) is 0 Å². The summed E-state index contributed by atoms with van der Waals surface area (Å²) in [5.74, 6) is 0. The van der Waals surface area contributed by atoms with Crippen LogP contribution in [0.4, 0.5) is 4.79 Å². The van der Waals surface area contributed by atoms with Gasteiger partial charge < -0.3 is 9.64 Å². The zero-order valence-corrected chi connectivity index (χ0v) is 9.39. The average Bonchev–Trinajstić information content (AvgIpc) is 2.13. The maximum Gasteiger partial charge on any atom is 0.409 e. The minimum absolute atomic E-state index is 0.0875. The SMILES string of the molecule is CCN(C)C(=O)OCC(C)(C)CC. The van der Waals surface area contributed by atoms with Gasteiger partial charge in [0.1, 0.15) is 0 Å². The van der Waals surface area contributed by atoms with Crippen molar-refractivity contribution in [2.24, 2.45) is 5.41 Å². The molecule has 78 valence electrons. The molecule has 0 spiro atoms. The summed E-state index contributed by atoms with van der Waals surface area (Å²) in [5.41, 5.74) is 0.0875. The van der Waals surface area contributed by atoms with Gasteiger partial charge in [-0.1, -0.05) is 20.8 Å². The summed E-state index contributed by atoms with van der Waals surface area (Å²) in [7, 11) is 1.74. The van der Waals surface area contributed by atoms with Gasteiger partial charge in [0.25, 0.3) is 0 Å². The molecule has 0 bridgehead atoms. The highest BCUT2D eigenvalue weighted by Gasteiger charge is 2.18. The van der Waals surface area contributed by atoms with E-state index in [4.69, 9.17) is 4.74 Å². The molecule has 0 aliphatic heterocycles. The summed E-state index contributed by atoms with van der Waals surface area (Å²) in [6.45, 7) is 9.38. The van der Waals surface area contributed by atoms with E-state index in [2.05, 4.69) is 20.8 Å². The van der Waals surface area contributed by atoms with Crippen molar-refractivity contribution >= 4 is 6.09 Å². The Balaban J connectivity index is 3.83. The minimum Gasteiger partial charge on any atom is -0.449 e. The van der Waals surface area contributed by atoms with E-state index in [0.717, 1.165) is 6.42 Å². The molecule has 0 fully saturated rings. The van der Waals surface area contributed by atoms with Crippen molar-refractivity contribution in [2.45, 2.75) is 34.1 Å². The maximum absolute atomic E-state index is 11.2. The molecule has 0 radical (unpaired) electrons. The van der Waals surface area contributed by atoms with Crippen LogP contribution >= 0.6 is 0 Å². The fourth-order valence-corrected chi connectivity index (χ4v) is 0.598. The molecule has 0 aromatic heterocycles. The van der Waals surface area contributed by atoms with E-state index in [1.807, 2.05) is 6.92 Å². The van der Waals surface area contributed by atoms with Crippen LogP contribution in [0.25, 0.3) is 0 Å². The minimum atomic E-state index is -0.232. The number of amides is 1. The van der Waals surface area contributed by atoms with E-state index in [0.29, 0.717) is 13.2 Å². The Hall–Kier alpha value is -0.730. The lowest BCUT2D eigenvalue weighted by atomic mass is 9.92. The molecule has 0 aromatic carbocycles. The molecule has 1 amide bonds. The quantitative estimate of drug-likeness (QED) is 0.676. The second-order valence-electron chi connectivity index (χ2n) is 4.09. The largest absolute Gasteiger partial charge is 0.449 e. The summed E-state index contributed by atoms with van der Waals surface area (Å²) >= 11 is 0. The van der Waals surface area contributed by atoms with Crippen LogP contribution in [-0.2, 0) is 4.74 Å². The van der Waals surface area contributed by atoms with Gasteiger partial charge in [0.2, 0.25) is 0 Å². The van der Waals surface area contributed by atoms with E-state index < -0.39 is 0 Å². The Morgan fingerprint density at radius 1 is 1.38 bits per heavy atom. The number of nitrogens with zero attached hydrogens (tertiary/aromatic N) is 1. The third-order valence-electron chi connectivity index (χ3n) is 2.33. The monoisotopic (exact) mass is 187 g/mol. The Morgan fingerprint density at radius 3 is 2.31 bits per heavy atom. The van der Waals surface area contributed by atoms with E-state index >= 15 is 0 Å². The second-order valence-corrected chi connectivity index (χ2v) is 4.09. The van der Waals surface area contributed by atoms with Crippen LogP contribution in [-0.4, -0.2) is 31.2 Å². The fourth-order valence-electron chi connectivity index (χ4n) is 0.598. The smallest absolute Gasteiger partial charge is 0.409 e. The normalized spacial score (nSPS) is 11.2. The van der Waals surface area contributed by atoms with Gasteiger partial charge in [-0.2, -0.15) is 0 Å². The molecule has 0 heterocycles. The molecule has 0 atom stereocenters. The molecular formula is C10H21NO2. The lowest BCUT2D eigenvalue weighted by molar-refractivity contribution is 0.0727. The molecule has 0 aromatic rings. The predicted octanol–water partition coefficient (Wildman–Crippen LogP) is 2.51. The van der Waals surface area contributed by atoms with Crippen molar-refractivity contribution in [2.75, 3.05) is 20.2 Å². The first-order valence-electron chi connectivity index (χ1n) is 4.81.